The zero-order chi connectivity index (χ0) is 19.1. The van der Waals surface area contributed by atoms with Gasteiger partial charge in [0.15, 0.2) is 0 Å². The molecule has 2 rings (SSSR count). The van der Waals surface area contributed by atoms with Crippen LogP contribution in [-0.2, 0) is 20.2 Å². The summed E-state index contributed by atoms with van der Waals surface area (Å²) in [6, 6.07) is 11.0. The maximum absolute atomic E-state index is 11.0. The van der Waals surface area contributed by atoms with Crippen LogP contribution in [0, 0.1) is 6.92 Å². The first-order valence-corrected chi connectivity index (χ1v) is 10.4. The van der Waals surface area contributed by atoms with Crippen molar-refractivity contribution >= 4 is 20.2 Å². The summed E-state index contributed by atoms with van der Waals surface area (Å²) in [5, 5.41) is -0.895. The highest BCUT2D eigenvalue weighted by Gasteiger charge is 2.24. The molecule has 2 aromatic rings. The second-order valence-electron chi connectivity index (χ2n) is 5.34. The molecule has 1 aromatic heterocycles. The summed E-state index contributed by atoms with van der Waals surface area (Å²) >= 11 is 0. The van der Waals surface area contributed by atoms with Crippen molar-refractivity contribution in [3.63, 3.8) is 0 Å². The van der Waals surface area contributed by atoms with E-state index in [0.717, 1.165) is 5.56 Å². The Kier molecular flexibility index (Phi) is 7.68. The van der Waals surface area contributed by atoms with Gasteiger partial charge >= 0.3 is 0 Å². The number of hydrogen-bond acceptors (Lipinski definition) is 5. The highest BCUT2D eigenvalue weighted by atomic mass is 32.2. The molecule has 0 amide bonds. The molecule has 138 valence electrons. The molecule has 0 saturated heterocycles. The van der Waals surface area contributed by atoms with E-state index in [4.69, 9.17) is 9.11 Å². The number of hydrogen-bond donors (Lipinski definition) is 2. The highest BCUT2D eigenvalue weighted by molar-refractivity contribution is 7.86. The number of rotatable bonds is 5. The Morgan fingerprint density at radius 2 is 1.60 bits per heavy atom. The molecule has 2 N–H and O–H groups in total. The third-order valence-corrected chi connectivity index (χ3v) is 5.31. The number of nitrogens with zero attached hydrogens (tertiary/aromatic N) is 1. The van der Waals surface area contributed by atoms with E-state index in [1.165, 1.54) is 18.3 Å². The van der Waals surface area contributed by atoms with Crippen LogP contribution in [0.4, 0.5) is 0 Å². The Morgan fingerprint density at radius 1 is 1.00 bits per heavy atom. The largest absolute Gasteiger partial charge is 0.294 e. The van der Waals surface area contributed by atoms with Crippen LogP contribution in [0.2, 0.25) is 0 Å². The van der Waals surface area contributed by atoms with Gasteiger partial charge in [0.05, 0.1) is 10.6 Å². The summed E-state index contributed by atoms with van der Waals surface area (Å²) in [5.74, 6) is 0. The van der Waals surface area contributed by atoms with E-state index in [1.54, 1.807) is 30.3 Å². The van der Waals surface area contributed by atoms with Gasteiger partial charge in [-0.1, -0.05) is 37.1 Å². The molecule has 1 unspecified atom stereocenters. The number of pyridine rings is 1. The Bertz CT molecular complexity index is 863. The number of benzene rings is 1. The average molecular weight is 387 g/mol. The molecule has 0 spiro atoms. The summed E-state index contributed by atoms with van der Waals surface area (Å²) in [5.41, 5.74) is 1.36. The van der Waals surface area contributed by atoms with Gasteiger partial charge in [0.2, 0.25) is 0 Å². The molecule has 9 heteroatoms. The molecule has 0 aliphatic heterocycles. The SMILES string of the molecule is CCCC(c1ccccn1)S(=O)(=O)O.Cc1ccc(S(=O)(=O)O)cc1. The molecule has 1 aromatic carbocycles. The van der Waals surface area contributed by atoms with Crippen molar-refractivity contribution in [3.8, 4) is 0 Å². The minimum atomic E-state index is -4.04. The number of aromatic nitrogens is 1. The third-order valence-electron chi connectivity index (χ3n) is 3.25. The standard InChI is InChI=1S/C9H13NO3S.C7H8O3S/c1-2-5-9(14(11,12)13)8-6-3-4-7-10-8;1-6-2-4-7(5-3-6)11(8,9)10/h3-4,6-7,9H,2,5H2,1H3,(H,11,12,13);2-5H,1H3,(H,8,9,10). The van der Waals surface area contributed by atoms with E-state index < -0.39 is 25.5 Å². The van der Waals surface area contributed by atoms with Crippen LogP contribution in [0.15, 0.2) is 53.6 Å². The van der Waals surface area contributed by atoms with Gasteiger partial charge in [0.25, 0.3) is 20.2 Å². The maximum Gasteiger partial charge on any atom is 0.294 e. The maximum atomic E-state index is 11.0. The highest BCUT2D eigenvalue weighted by Crippen LogP contribution is 2.24. The lowest BCUT2D eigenvalue weighted by atomic mass is 10.2. The molecule has 0 aliphatic carbocycles. The van der Waals surface area contributed by atoms with Crippen molar-refractivity contribution in [2.75, 3.05) is 0 Å². The molecule has 0 bridgehead atoms. The van der Waals surface area contributed by atoms with Crippen LogP contribution in [0.5, 0.6) is 0 Å². The molecule has 0 aliphatic rings. The van der Waals surface area contributed by atoms with Crippen molar-refractivity contribution < 1.29 is 25.9 Å². The molecule has 1 atom stereocenters. The summed E-state index contributed by atoms with van der Waals surface area (Å²) < 4.78 is 60.6. The lowest BCUT2D eigenvalue weighted by Gasteiger charge is -2.11. The summed E-state index contributed by atoms with van der Waals surface area (Å²) in [6.45, 7) is 3.70. The molecule has 1 heterocycles. The molecule has 7 nitrogen and oxygen atoms in total. The van der Waals surface area contributed by atoms with Gasteiger partial charge < -0.3 is 0 Å². The van der Waals surface area contributed by atoms with Gasteiger partial charge in [0, 0.05) is 6.20 Å². The van der Waals surface area contributed by atoms with Crippen LogP contribution >= 0.6 is 0 Å². The monoisotopic (exact) mass is 387 g/mol. The smallest absolute Gasteiger partial charge is 0.285 e. The third kappa shape index (κ3) is 7.30. The zero-order valence-corrected chi connectivity index (χ0v) is 15.5. The summed E-state index contributed by atoms with van der Waals surface area (Å²) in [7, 11) is -8.06. The van der Waals surface area contributed by atoms with Gasteiger partial charge in [-0.3, -0.25) is 14.1 Å². The van der Waals surface area contributed by atoms with Crippen LogP contribution in [0.3, 0.4) is 0 Å². The topological polar surface area (TPSA) is 122 Å². The van der Waals surface area contributed by atoms with Crippen LogP contribution in [-0.4, -0.2) is 30.9 Å². The fraction of sp³-hybridized carbons (Fsp3) is 0.312. The van der Waals surface area contributed by atoms with Crippen molar-refractivity contribution in [1.29, 1.82) is 0 Å². The lowest BCUT2D eigenvalue weighted by molar-refractivity contribution is 0.461. The summed E-state index contributed by atoms with van der Waals surface area (Å²) in [6.07, 6.45) is 2.58. The molecule has 0 fully saturated rings. The average Bonchev–Trinajstić information content (AvgIpc) is 2.52. The zero-order valence-electron chi connectivity index (χ0n) is 13.9. The van der Waals surface area contributed by atoms with Crippen molar-refractivity contribution in [2.24, 2.45) is 0 Å². The molecule has 0 saturated carbocycles. The first-order valence-electron chi connectivity index (χ1n) is 7.47. The van der Waals surface area contributed by atoms with E-state index in [-0.39, 0.29) is 4.90 Å². The van der Waals surface area contributed by atoms with Crippen LogP contribution in [0.25, 0.3) is 0 Å². The minimum absolute atomic E-state index is 0.0666. The van der Waals surface area contributed by atoms with Crippen molar-refractivity contribution in [1.82, 2.24) is 4.98 Å². The molecule has 0 radical (unpaired) electrons. The first-order chi connectivity index (χ1) is 11.6. The van der Waals surface area contributed by atoms with Crippen molar-refractivity contribution in [2.45, 2.75) is 36.8 Å². The fourth-order valence-electron chi connectivity index (χ4n) is 1.99. The van der Waals surface area contributed by atoms with Gasteiger partial charge in [-0.15, -0.1) is 0 Å². The predicted molar refractivity (Wildman–Crippen MR) is 94.4 cm³/mol. The van der Waals surface area contributed by atoms with E-state index >= 15 is 0 Å². The second kappa shape index (κ2) is 9.04. The number of aryl methyl sites for hydroxylation is 1. The fourth-order valence-corrected chi connectivity index (χ4v) is 3.45. The molecular weight excluding hydrogens is 366 g/mol. The van der Waals surface area contributed by atoms with Gasteiger partial charge in [-0.05, 0) is 37.6 Å². The predicted octanol–water partition coefficient (Wildman–Crippen LogP) is 3.05. The van der Waals surface area contributed by atoms with Crippen molar-refractivity contribution in [3.05, 3.63) is 59.9 Å². The Labute approximate surface area is 148 Å². The summed E-state index contributed by atoms with van der Waals surface area (Å²) in [4.78, 5) is 3.86. The van der Waals surface area contributed by atoms with E-state index in [9.17, 15) is 16.8 Å². The quantitative estimate of drug-likeness (QED) is 0.756. The van der Waals surface area contributed by atoms with E-state index in [1.807, 2.05) is 13.8 Å². The Hall–Kier alpha value is -1.81. The second-order valence-corrected chi connectivity index (χ2v) is 8.36. The normalized spacial score (nSPS) is 12.8. The Balaban J connectivity index is 0.000000257. The van der Waals surface area contributed by atoms with Gasteiger partial charge in [-0.25, -0.2) is 0 Å². The van der Waals surface area contributed by atoms with Gasteiger partial charge in [-0.2, -0.15) is 16.8 Å². The molecule has 25 heavy (non-hydrogen) atoms. The Morgan fingerprint density at radius 3 is 2.00 bits per heavy atom. The minimum Gasteiger partial charge on any atom is -0.285 e. The van der Waals surface area contributed by atoms with E-state index in [2.05, 4.69) is 4.98 Å². The first kappa shape index (κ1) is 21.2. The lowest BCUT2D eigenvalue weighted by Crippen LogP contribution is -2.13. The van der Waals surface area contributed by atoms with E-state index in [0.29, 0.717) is 18.5 Å². The van der Waals surface area contributed by atoms with Crippen LogP contribution < -0.4 is 0 Å². The van der Waals surface area contributed by atoms with Crippen LogP contribution in [0.1, 0.15) is 36.3 Å². The van der Waals surface area contributed by atoms with Gasteiger partial charge in [0.1, 0.15) is 5.25 Å². The molecular formula is C16H21NO6S2.